The van der Waals surface area contributed by atoms with Gasteiger partial charge < -0.3 is 14.1 Å². The summed E-state index contributed by atoms with van der Waals surface area (Å²) in [6, 6.07) is 14.0. The molecule has 2 aromatic carbocycles. The lowest BCUT2D eigenvalue weighted by molar-refractivity contribution is 0.0737. The highest BCUT2D eigenvalue weighted by atomic mass is 16.5. The third-order valence-corrected chi connectivity index (χ3v) is 4.62. The van der Waals surface area contributed by atoms with Crippen molar-refractivity contribution in [2.24, 2.45) is 0 Å². The van der Waals surface area contributed by atoms with E-state index in [-0.39, 0.29) is 17.1 Å². The first-order chi connectivity index (χ1) is 12.2. The Bertz CT molecular complexity index is 1040. The van der Waals surface area contributed by atoms with E-state index in [1.54, 1.807) is 36.3 Å². The van der Waals surface area contributed by atoms with Crippen LogP contribution in [0.2, 0.25) is 0 Å². The molecule has 0 saturated carbocycles. The predicted molar refractivity (Wildman–Crippen MR) is 94.0 cm³/mol. The van der Waals surface area contributed by atoms with Gasteiger partial charge in [0.15, 0.2) is 5.43 Å². The molecule has 0 N–H and O–H groups in total. The number of amides is 1. The molecule has 3 aromatic rings. The second-order valence-corrected chi connectivity index (χ2v) is 5.94. The lowest BCUT2D eigenvalue weighted by atomic mass is 9.98. The van der Waals surface area contributed by atoms with Crippen molar-refractivity contribution in [3.8, 4) is 5.75 Å². The van der Waals surface area contributed by atoms with E-state index in [0.29, 0.717) is 28.8 Å². The van der Waals surface area contributed by atoms with Crippen molar-refractivity contribution in [3.05, 3.63) is 75.6 Å². The number of nitrogens with zero attached hydrogens (tertiary/aromatic N) is 1. The summed E-state index contributed by atoms with van der Waals surface area (Å²) in [5.41, 5.74) is 1.51. The molecule has 25 heavy (non-hydrogen) atoms. The number of para-hydroxylation sites is 1. The zero-order valence-corrected chi connectivity index (χ0v) is 14.0. The van der Waals surface area contributed by atoms with Crippen LogP contribution in [0.3, 0.4) is 0 Å². The van der Waals surface area contributed by atoms with Crippen LogP contribution in [0.5, 0.6) is 5.75 Å². The second-order valence-electron chi connectivity index (χ2n) is 5.94. The van der Waals surface area contributed by atoms with Crippen LogP contribution >= 0.6 is 0 Å². The van der Waals surface area contributed by atoms with Crippen molar-refractivity contribution in [3.63, 3.8) is 0 Å². The number of carbonyl (C=O) groups is 1. The largest absolute Gasteiger partial charge is 0.497 e. The zero-order chi connectivity index (χ0) is 17.6. The molecule has 1 aliphatic rings. The number of methoxy groups -OCH3 is 1. The number of ether oxygens (including phenoxy) is 1. The minimum absolute atomic E-state index is 0.137. The number of hydrogen-bond acceptors (Lipinski definition) is 4. The monoisotopic (exact) mass is 335 g/mol. The van der Waals surface area contributed by atoms with Gasteiger partial charge in [-0.25, -0.2) is 0 Å². The van der Waals surface area contributed by atoms with Crippen molar-refractivity contribution in [1.29, 1.82) is 0 Å². The Morgan fingerprint density at radius 3 is 2.68 bits per heavy atom. The van der Waals surface area contributed by atoms with Gasteiger partial charge in [-0.3, -0.25) is 9.59 Å². The smallest absolute Gasteiger partial charge is 0.290 e. The van der Waals surface area contributed by atoms with Crippen LogP contribution in [0, 0.1) is 0 Å². The molecule has 0 aliphatic carbocycles. The average molecular weight is 335 g/mol. The van der Waals surface area contributed by atoms with E-state index in [0.717, 1.165) is 5.56 Å². The summed E-state index contributed by atoms with van der Waals surface area (Å²) in [7, 11) is 1.59. The van der Waals surface area contributed by atoms with E-state index in [2.05, 4.69) is 0 Å². The fourth-order valence-electron chi connectivity index (χ4n) is 3.45. The highest BCUT2D eigenvalue weighted by molar-refractivity contribution is 5.99. The van der Waals surface area contributed by atoms with E-state index >= 15 is 0 Å². The van der Waals surface area contributed by atoms with E-state index < -0.39 is 6.04 Å². The van der Waals surface area contributed by atoms with Crippen molar-refractivity contribution in [2.45, 2.75) is 13.0 Å². The summed E-state index contributed by atoms with van der Waals surface area (Å²) in [6.45, 7) is 2.36. The molecular weight excluding hydrogens is 318 g/mol. The number of rotatable bonds is 3. The molecule has 1 aromatic heterocycles. The summed E-state index contributed by atoms with van der Waals surface area (Å²) < 4.78 is 11.1. The number of hydrogen-bond donors (Lipinski definition) is 0. The van der Waals surface area contributed by atoms with Gasteiger partial charge in [-0.1, -0.05) is 24.3 Å². The first-order valence-electron chi connectivity index (χ1n) is 8.16. The van der Waals surface area contributed by atoms with Gasteiger partial charge in [0.05, 0.1) is 24.1 Å². The second kappa shape index (κ2) is 5.77. The van der Waals surface area contributed by atoms with Gasteiger partial charge in [0.1, 0.15) is 11.3 Å². The number of carbonyl (C=O) groups excluding carboxylic acids is 1. The van der Waals surface area contributed by atoms with Crippen molar-refractivity contribution in [2.75, 3.05) is 13.7 Å². The molecule has 0 bridgehead atoms. The fourth-order valence-corrected chi connectivity index (χ4v) is 3.45. The summed E-state index contributed by atoms with van der Waals surface area (Å²) in [5.74, 6) is 0.561. The Balaban J connectivity index is 2.02. The maximum atomic E-state index is 13.1. The van der Waals surface area contributed by atoms with Crippen molar-refractivity contribution in [1.82, 2.24) is 4.90 Å². The summed E-state index contributed by atoms with van der Waals surface area (Å²) in [4.78, 5) is 27.6. The van der Waals surface area contributed by atoms with Crippen molar-refractivity contribution >= 4 is 16.9 Å². The normalized spacial score (nSPS) is 16.3. The quantitative estimate of drug-likeness (QED) is 0.736. The van der Waals surface area contributed by atoms with Crippen molar-refractivity contribution < 1.29 is 13.9 Å². The maximum Gasteiger partial charge on any atom is 0.290 e. The van der Waals surface area contributed by atoms with Gasteiger partial charge in [-0.05, 0) is 36.8 Å². The first kappa shape index (κ1) is 15.4. The van der Waals surface area contributed by atoms with Crippen LogP contribution in [-0.2, 0) is 0 Å². The van der Waals surface area contributed by atoms with Crippen LogP contribution in [0.4, 0.5) is 0 Å². The SMILES string of the molecule is CCN1C(=O)c2oc3ccccc3c(=O)c2[C@@H]1c1cccc(OC)c1. The number of benzene rings is 2. The van der Waals surface area contributed by atoms with E-state index in [9.17, 15) is 9.59 Å². The molecule has 4 rings (SSSR count). The molecule has 0 unspecified atom stereocenters. The van der Waals surface area contributed by atoms with E-state index in [1.165, 1.54) is 0 Å². The summed E-state index contributed by atoms with van der Waals surface area (Å²) in [6.07, 6.45) is 0. The highest BCUT2D eigenvalue weighted by Gasteiger charge is 2.41. The van der Waals surface area contributed by atoms with Crippen LogP contribution in [0.1, 0.15) is 34.6 Å². The molecule has 1 atom stereocenters. The van der Waals surface area contributed by atoms with Gasteiger partial charge >= 0.3 is 0 Å². The molecular formula is C20H17NO4. The minimum Gasteiger partial charge on any atom is -0.497 e. The molecule has 0 saturated heterocycles. The third kappa shape index (κ3) is 2.23. The zero-order valence-electron chi connectivity index (χ0n) is 14.0. The first-order valence-corrected chi connectivity index (χ1v) is 8.16. The van der Waals surface area contributed by atoms with Gasteiger partial charge in [0.25, 0.3) is 5.91 Å². The molecule has 1 aliphatic heterocycles. The highest BCUT2D eigenvalue weighted by Crippen LogP contribution is 2.38. The van der Waals surface area contributed by atoms with Crippen LogP contribution in [0.25, 0.3) is 11.0 Å². The molecule has 5 nitrogen and oxygen atoms in total. The molecule has 126 valence electrons. The molecule has 5 heteroatoms. The molecule has 0 fully saturated rings. The Morgan fingerprint density at radius 2 is 1.92 bits per heavy atom. The fraction of sp³-hybridized carbons (Fsp3) is 0.200. The third-order valence-electron chi connectivity index (χ3n) is 4.62. The summed E-state index contributed by atoms with van der Waals surface area (Å²) >= 11 is 0. The lowest BCUT2D eigenvalue weighted by Crippen LogP contribution is -2.29. The van der Waals surface area contributed by atoms with Crippen LogP contribution in [0.15, 0.2) is 57.7 Å². The summed E-state index contributed by atoms with van der Waals surface area (Å²) in [5, 5.41) is 0.486. The van der Waals surface area contributed by atoms with E-state index in [4.69, 9.17) is 9.15 Å². The Morgan fingerprint density at radius 1 is 1.12 bits per heavy atom. The number of fused-ring (bicyclic) bond motifs is 2. The van der Waals surface area contributed by atoms with E-state index in [1.807, 2.05) is 31.2 Å². The maximum absolute atomic E-state index is 13.1. The van der Waals surface area contributed by atoms with Gasteiger partial charge in [0.2, 0.25) is 5.76 Å². The minimum atomic E-state index is -0.469. The van der Waals surface area contributed by atoms with Gasteiger partial charge in [-0.15, -0.1) is 0 Å². The van der Waals surface area contributed by atoms with Crippen LogP contribution < -0.4 is 10.2 Å². The van der Waals surface area contributed by atoms with Gasteiger partial charge in [-0.2, -0.15) is 0 Å². The Kier molecular flexibility index (Phi) is 3.57. The molecule has 2 heterocycles. The Labute approximate surface area is 144 Å². The van der Waals surface area contributed by atoms with Gasteiger partial charge in [0, 0.05) is 6.54 Å². The predicted octanol–water partition coefficient (Wildman–Crippen LogP) is 3.37. The molecule has 0 radical (unpaired) electrons. The Hall–Kier alpha value is -3.08. The van der Waals surface area contributed by atoms with Crippen LogP contribution in [-0.4, -0.2) is 24.5 Å². The molecule has 1 amide bonds. The average Bonchev–Trinajstić information content (AvgIpc) is 2.94. The standard InChI is InChI=1S/C20H17NO4/c1-3-21-17(12-7-6-8-13(11-12)24-2)16-18(22)14-9-4-5-10-15(14)25-19(16)20(21)23/h4-11,17H,3H2,1-2H3/t17-/m0/s1. The lowest BCUT2D eigenvalue weighted by Gasteiger charge is -2.23. The molecule has 0 spiro atoms. The topological polar surface area (TPSA) is 59.8 Å².